The number of benzene rings is 1. The number of nitrogens with one attached hydrogen (secondary N) is 1. The Morgan fingerprint density at radius 1 is 1.33 bits per heavy atom. The van der Waals surface area contributed by atoms with Gasteiger partial charge in [-0.1, -0.05) is 29.4 Å². The number of H-pyrrole nitrogens is 1. The summed E-state index contributed by atoms with van der Waals surface area (Å²) in [6.45, 7) is 0.493. The zero-order valence-electron chi connectivity index (χ0n) is 10.3. The largest absolute Gasteiger partial charge is 0.399 e. The highest BCUT2D eigenvalue weighted by atomic mass is 16.6. The molecule has 0 amide bonds. The Hall–Kier alpha value is -2.21. The van der Waals surface area contributed by atoms with Gasteiger partial charge >= 0.3 is 0 Å². The number of aromatic amines is 1. The Labute approximate surface area is 105 Å². The third-order valence-corrected chi connectivity index (χ3v) is 2.39. The molecule has 0 radical (unpaired) electrons. The van der Waals surface area contributed by atoms with Crippen LogP contribution >= 0.6 is 0 Å². The van der Waals surface area contributed by atoms with Gasteiger partial charge < -0.3 is 9.57 Å². The molecule has 0 atom stereocenters. The van der Waals surface area contributed by atoms with Gasteiger partial charge in [-0.05, 0) is 5.56 Å². The summed E-state index contributed by atoms with van der Waals surface area (Å²) < 4.78 is 5.17. The van der Waals surface area contributed by atoms with Gasteiger partial charge in [0.25, 0.3) is 0 Å². The van der Waals surface area contributed by atoms with E-state index in [1.54, 1.807) is 7.11 Å². The van der Waals surface area contributed by atoms with E-state index >= 15 is 0 Å². The lowest BCUT2D eigenvalue weighted by Crippen LogP contribution is -2.10. The first-order chi connectivity index (χ1) is 8.86. The van der Waals surface area contributed by atoms with Crippen molar-refractivity contribution in [2.45, 2.75) is 6.61 Å². The molecule has 1 N–H and O–H groups in total. The molecule has 0 saturated carbocycles. The van der Waals surface area contributed by atoms with Crippen molar-refractivity contribution in [3.05, 3.63) is 47.5 Å². The molecule has 0 bridgehead atoms. The van der Waals surface area contributed by atoms with E-state index in [0.29, 0.717) is 18.1 Å². The molecule has 6 heteroatoms. The molecule has 0 aliphatic rings. The van der Waals surface area contributed by atoms with Crippen molar-refractivity contribution in [1.29, 1.82) is 0 Å². The molecule has 0 saturated heterocycles. The summed E-state index contributed by atoms with van der Waals surface area (Å²) in [5.74, 6) is 0.556. The summed E-state index contributed by atoms with van der Waals surface area (Å²) in [6, 6.07) is 7.79. The first-order valence-corrected chi connectivity index (χ1v) is 5.41. The van der Waals surface area contributed by atoms with E-state index in [-0.39, 0.29) is 0 Å². The van der Waals surface area contributed by atoms with Crippen LogP contribution in [0.25, 0.3) is 0 Å². The van der Waals surface area contributed by atoms with E-state index in [0.717, 1.165) is 11.1 Å². The smallest absolute Gasteiger partial charge is 0.178 e. The number of ether oxygens (including phenoxy) is 1. The third-order valence-electron chi connectivity index (χ3n) is 2.39. The Kier molecular flexibility index (Phi) is 4.03. The van der Waals surface area contributed by atoms with Gasteiger partial charge in [0.1, 0.15) is 13.4 Å². The molecule has 94 valence electrons. The highest BCUT2D eigenvalue weighted by Crippen LogP contribution is 2.14. The zero-order valence-corrected chi connectivity index (χ0v) is 10.3. The summed E-state index contributed by atoms with van der Waals surface area (Å²) >= 11 is 0. The molecule has 1 aromatic carbocycles. The molecular weight excluding hydrogens is 232 g/mol. The summed E-state index contributed by atoms with van der Waals surface area (Å²) in [5, 5.41) is 10.6. The second kappa shape index (κ2) is 5.92. The Morgan fingerprint density at radius 3 is 2.83 bits per heavy atom. The van der Waals surface area contributed by atoms with Crippen LogP contribution in [0.15, 0.2) is 35.7 Å². The quantitative estimate of drug-likeness (QED) is 0.638. The second-order valence-corrected chi connectivity index (χ2v) is 3.55. The average Bonchev–Trinajstić information content (AvgIpc) is 2.91. The van der Waals surface area contributed by atoms with Crippen molar-refractivity contribution in [3.8, 4) is 0 Å². The monoisotopic (exact) mass is 246 g/mol. The van der Waals surface area contributed by atoms with E-state index in [4.69, 9.17) is 9.57 Å². The number of hydrogen-bond acceptors (Lipinski definition) is 5. The van der Waals surface area contributed by atoms with Gasteiger partial charge in [0.2, 0.25) is 0 Å². The van der Waals surface area contributed by atoms with Crippen LogP contribution in [0.1, 0.15) is 17.0 Å². The SMILES string of the molecule is COCc1ccccc1C(=NOC)c1ncn[nH]1. The average molecular weight is 246 g/mol. The minimum Gasteiger partial charge on any atom is -0.399 e. The Bertz CT molecular complexity index is 523. The van der Waals surface area contributed by atoms with Crippen LogP contribution in [0.4, 0.5) is 0 Å². The van der Waals surface area contributed by atoms with Crippen molar-refractivity contribution in [1.82, 2.24) is 15.2 Å². The minimum atomic E-state index is 0.493. The van der Waals surface area contributed by atoms with E-state index in [1.165, 1.54) is 13.4 Å². The molecule has 0 spiro atoms. The van der Waals surface area contributed by atoms with E-state index < -0.39 is 0 Å². The first-order valence-electron chi connectivity index (χ1n) is 5.41. The van der Waals surface area contributed by atoms with Crippen molar-refractivity contribution in [2.75, 3.05) is 14.2 Å². The van der Waals surface area contributed by atoms with Crippen LogP contribution in [-0.4, -0.2) is 35.1 Å². The lowest BCUT2D eigenvalue weighted by atomic mass is 10.0. The van der Waals surface area contributed by atoms with Gasteiger partial charge in [-0.15, -0.1) is 0 Å². The maximum absolute atomic E-state index is 5.17. The van der Waals surface area contributed by atoms with Gasteiger partial charge in [-0.3, -0.25) is 5.10 Å². The fraction of sp³-hybridized carbons (Fsp3) is 0.250. The van der Waals surface area contributed by atoms with Gasteiger partial charge in [-0.2, -0.15) is 5.10 Å². The molecule has 0 unspecified atom stereocenters. The number of aromatic nitrogens is 3. The number of nitrogens with zero attached hydrogens (tertiary/aromatic N) is 3. The van der Waals surface area contributed by atoms with Gasteiger partial charge in [0.15, 0.2) is 11.5 Å². The molecule has 0 fully saturated rings. The molecule has 18 heavy (non-hydrogen) atoms. The van der Waals surface area contributed by atoms with Crippen LogP contribution in [0.3, 0.4) is 0 Å². The van der Waals surface area contributed by atoms with Gasteiger partial charge in [0, 0.05) is 12.7 Å². The first kappa shape index (κ1) is 12.3. The van der Waals surface area contributed by atoms with Crippen molar-refractivity contribution >= 4 is 5.71 Å². The lowest BCUT2D eigenvalue weighted by Gasteiger charge is -2.08. The van der Waals surface area contributed by atoms with Crippen molar-refractivity contribution in [2.24, 2.45) is 5.16 Å². The van der Waals surface area contributed by atoms with Crippen LogP contribution in [0.2, 0.25) is 0 Å². The normalized spacial score (nSPS) is 11.6. The van der Waals surface area contributed by atoms with Crippen LogP contribution < -0.4 is 0 Å². The molecule has 1 aromatic heterocycles. The fourth-order valence-corrected chi connectivity index (χ4v) is 1.66. The summed E-state index contributed by atoms with van der Waals surface area (Å²) in [6.07, 6.45) is 1.43. The summed E-state index contributed by atoms with van der Waals surface area (Å²) in [4.78, 5) is 8.97. The third kappa shape index (κ3) is 2.54. The topological polar surface area (TPSA) is 72.4 Å². The molecule has 2 aromatic rings. The standard InChI is InChI=1S/C12H14N4O2/c1-17-7-9-5-3-4-6-10(9)11(16-18-2)12-13-8-14-15-12/h3-6,8H,7H2,1-2H3,(H,13,14,15). The summed E-state index contributed by atoms with van der Waals surface area (Å²) in [5.41, 5.74) is 2.51. The molecule has 0 aliphatic heterocycles. The van der Waals surface area contributed by atoms with Crippen LogP contribution in [-0.2, 0) is 16.2 Å². The fourth-order valence-electron chi connectivity index (χ4n) is 1.66. The van der Waals surface area contributed by atoms with E-state index in [9.17, 15) is 0 Å². The van der Waals surface area contributed by atoms with Crippen LogP contribution in [0, 0.1) is 0 Å². The maximum atomic E-state index is 5.17. The molecular formula is C12H14N4O2. The van der Waals surface area contributed by atoms with Crippen molar-refractivity contribution < 1.29 is 9.57 Å². The predicted octanol–water partition coefficient (Wildman–Crippen LogP) is 1.35. The highest BCUT2D eigenvalue weighted by molar-refractivity contribution is 6.11. The Morgan fingerprint density at radius 2 is 2.17 bits per heavy atom. The predicted molar refractivity (Wildman–Crippen MR) is 66.2 cm³/mol. The zero-order chi connectivity index (χ0) is 12.8. The molecule has 6 nitrogen and oxygen atoms in total. The number of hydrogen-bond donors (Lipinski definition) is 1. The van der Waals surface area contributed by atoms with Crippen molar-refractivity contribution in [3.63, 3.8) is 0 Å². The number of rotatable bonds is 5. The van der Waals surface area contributed by atoms with E-state index in [1.807, 2.05) is 24.3 Å². The maximum Gasteiger partial charge on any atom is 0.178 e. The van der Waals surface area contributed by atoms with Crippen LogP contribution in [0.5, 0.6) is 0 Å². The summed E-state index contributed by atoms with van der Waals surface area (Å²) in [7, 11) is 3.15. The van der Waals surface area contributed by atoms with E-state index in [2.05, 4.69) is 20.3 Å². The minimum absolute atomic E-state index is 0.493. The second-order valence-electron chi connectivity index (χ2n) is 3.55. The number of oxime groups is 1. The van der Waals surface area contributed by atoms with Gasteiger partial charge in [-0.25, -0.2) is 4.98 Å². The number of methoxy groups -OCH3 is 1. The molecule has 2 rings (SSSR count). The molecule has 1 heterocycles. The highest BCUT2D eigenvalue weighted by Gasteiger charge is 2.14. The molecule has 0 aliphatic carbocycles. The lowest BCUT2D eigenvalue weighted by molar-refractivity contribution is 0.184. The Balaban J connectivity index is 2.47. The van der Waals surface area contributed by atoms with Gasteiger partial charge in [0.05, 0.1) is 6.61 Å².